The molecule has 2 bridgehead atoms. The fourth-order valence-corrected chi connectivity index (χ4v) is 4.04. The molecule has 2 fully saturated rings. The van der Waals surface area contributed by atoms with Gasteiger partial charge in [0, 0.05) is 6.20 Å². The summed E-state index contributed by atoms with van der Waals surface area (Å²) in [4.78, 5) is 4.41. The predicted molar refractivity (Wildman–Crippen MR) is 85.7 cm³/mol. The van der Waals surface area contributed by atoms with E-state index in [4.69, 9.17) is 4.74 Å². The molecule has 2 unspecified atom stereocenters. The number of hydrogen-bond donors (Lipinski definition) is 1. The van der Waals surface area contributed by atoms with Crippen LogP contribution in [-0.2, 0) is 0 Å². The average molecular weight is 288 g/mol. The van der Waals surface area contributed by atoms with Crippen molar-refractivity contribution in [1.29, 1.82) is 0 Å². The fraction of sp³-hybridized carbons (Fsp3) is 0.722. The van der Waals surface area contributed by atoms with E-state index in [0.29, 0.717) is 5.92 Å². The van der Waals surface area contributed by atoms with Crippen molar-refractivity contribution in [3.05, 3.63) is 24.0 Å². The first-order valence-corrected chi connectivity index (χ1v) is 8.53. The lowest BCUT2D eigenvalue weighted by Crippen LogP contribution is -2.31. The number of aromatic nitrogens is 1. The Morgan fingerprint density at radius 2 is 1.81 bits per heavy atom. The van der Waals surface area contributed by atoms with Gasteiger partial charge in [0.1, 0.15) is 5.75 Å². The molecule has 1 saturated carbocycles. The van der Waals surface area contributed by atoms with Crippen molar-refractivity contribution in [3.8, 4) is 5.75 Å². The number of fused-ring (bicyclic) bond motifs is 2. The second-order valence-corrected chi connectivity index (χ2v) is 7.08. The minimum Gasteiger partial charge on any atom is -0.489 e. The van der Waals surface area contributed by atoms with Crippen molar-refractivity contribution >= 4 is 0 Å². The molecule has 0 amide bonds. The minimum absolute atomic E-state index is 0.213. The predicted octanol–water partition coefficient (Wildman–Crippen LogP) is 3.75. The molecule has 2 heterocycles. The number of hydrogen-bond acceptors (Lipinski definition) is 3. The van der Waals surface area contributed by atoms with Crippen LogP contribution in [0.25, 0.3) is 0 Å². The topological polar surface area (TPSA) is 34.1 Å². The van der Waals surface area contributed by atoms with Gasteiger partial charge in [-0.2, -0.15) is 0 Å². The summed E-state index contributed by atoms with van der Waals surface area (Å²) in [7, 11) is 0. The van der Waals surface area contributed by atoms with E-state index >= 15 is 0 Å². The van der Waals surface area contributed by atoms with Gasteiger partial charge in [-0.25, -0.2) is 0 Å². The Hall–Kier alpha value is -1.09. The van der Waals surface area contributed by atoms with Crippen LogP contribution in [0.3, 0.4) is 0 Å². The molecular weight excluding hydrogens is 260 g/mol. The summed E-state index contributed by atoms with van der Waals surface area (Å²) < 4.78 is 5.81. The first-order valence-electron chi connectivity index (χ1n) is 8.53. The van der Waals surface area contributed by atoms with E-state index in [1.807, 2.05) is 6.20 Å². The second-order valence-electron chi connectivity index (χ2n) is 7.08. The van der Waals surface area contributed by atoms with E-state index in [-0.39, 0.29) is 6.10 Å². The zero-order valence-corrected chi connectivity index (χ0v) is 13.3. The smallest absolute Gasteiger partial charge is 0.138 e. The molecule has 0 aromatic carbocycles. The molecule has 1 aromatic rings. The summed E-state index contributed by atoms with van der Waals surface area (Å²) in [5.74, 6) is 3.37. The minimum atomic E-state index is 0.213. The molecule has 1 aliphatic heterocycles. The molecule has 116 valence electrons. The molecule has 3 rings (SSSR count). The molecule has 1 aromatic heterocycles. The lowest BCUT2D eigenvalue weighted by atomic mass is 9.70. The van der Waals surface area contributed by atoms with Crippen LogP contribution in [0.15, 0.2) is 18.5 Å². The van der Waals surface area contributed by atoms with Gasteiger partial charge in [0.2, 0.25) is 0 Å². The van der Waals surface area contributed by atoms with E-state index in [9.17, 15) is 0 Å². The highest BCUT2D eigenvalue weighted by molar-refractivity contribution is 5.27. The van der Waals surface area contributed by atoms with Crippen molar-refractivity contribution in [2.24, 2.45) is 11.8 Å². The SMILES string of the molecule is CC(C)Oc1cncc(C2CC3CCNCCC(C3)C2)c1. The first kappa shape index (κ1) is 14.8. The van der Waals surface area contributed by atoms with Gasteiger partial charge in [0.25, 0.3) is 0 Å². The van der Waals surface area contributed by atoms with Crippen LogP contribution in [0.5, 0.6) is 5.75 Å². The zero-order chi connectivity index (χ0) is 14.7. The highest BCUT2D eigenvalue weighted by atomic mass is 16.5. The van der Waals surface area contributed by atoms with Crippen LogP contribution in [0, 0.1) is 11.8 Å². The van der Waals surface area contributed by atoms with Gasteiger partial charge in [-0.05, 0) is 88.4 Å². The van der Waals surface area contributed by atoms with Crippen molar-refractivity contribution in [1.82, 2.24) is 10.3 Å². The highest BCUT2D eigenvalue weighted by Gasteiger charge is 2.30. The quantitative estimate of drug-likeness (QED) is 0.919. The number of rotatable bonds is 3. The van der Waals surface area contributed by atoms with Gasteiger partial charge in [0.05, 0.1) is 12.3 Å². The van der Waals surface area contributed by atoms with E-state index in [1.54, 1.807) is 0 Å². The third-order valence-corrected chi connectivity index (χ3v) is 4.94. The van der Waals surface area contributed by atoms with Crippen LogP contribution < -0.4 is 10.1 Å². The van der Waals surface area contributed by atoms with Gasteiger partial charge in [0.15, 0.2) is 0 Å². The largest absolute Gasteiger partial charge is 0.489 e. The van der Waals surface area contributed by atoms with Crippen LogP contribution >= 0.6 is 0 Å². The van der Waals surface area contributed by atoms with Gasteiger partial charge in [-0.3, -0.25) is 4.98 Å². The van der Waals surface area contributed by atoms with Crippen molar-refractivity contribution < 1.29 is 4.74 Å². The molecule has 1 aliphatic carbocycles. The van der Waals surface area contributed by atoms with Gasteiger partial charge < -0.3 is 10.1 Å². The Morgan fingerprint density at radius 1 is 1.10 bits per heavy atom. The van der Waals surface area contributed by atoms with E-state index < -0.39 is 0 Å². The maximum Gasteiger partial charge on any atom is 0.138 e. The Kier molecular flexibility index (Phi) is 4.79. The summed E-state index contributed by atoms with van der Waals surface area (Å²) in [6, 6.07) is 2.22. The van der Waals surface area contributed by atoms with Crippen molar-refractivity contribution in [2.45, 2.75) is 58.0 Å². The normalized spacial score (nSPS) is 29.8. The highest BCUT2D eigenvalue weighted by Crippen LogP contribution is 2.42. The van der Waals surface area contributed by atoms with Gasteiger partial charge in [-0.1, -0.05) is 0 Å². The third-order valence-electron chi connectivity index (χ3n) is 4.94. The van der Waals surface area contributed by atoms with Crippen LogP contribution in [0.2, 0.25) is 0 Å². The Morgan fingerprint density at radius 3 is 2.48 bits per heavy atom. The molecule has 2 atom stereocenters. The average Bonchev–Trinajstić information content (AvgIpc) is 2.45. The number of nitrogens with zero attached hydrogens (tertiary/aromatic N) is 1. The zero-order valence-electron chi connectivity index (χ0n) is 13.3. The van der Waals surface area contributed by atoms with E-state index in [1.165, 1.54) is 50.8 Å². The lowest BCUT2D eigenvalue weighted by Gasteiger charge is -2.37. The van der Waals surface area contributed by atoms with E-state index in [0.717, 1.165) is 17.6 Å². The van der Waals surface area contributed by atoms with E-state index in [2.05, 4.69) is 36.4 Å². The van der Waals surface area contributed by atoms with Crippen LogP contribution in [-0.4, -0.2) is 24.2 Å². The number of pyridine rings is 1. The molecule has 3 nitrogen and oxygen atoms in total. The molecule has 1 N–H and O–H groups in total. The molecule has 21 heavy (non-hydrogen) atoms. The summed E-state index contributed by atoms with van der Waals surface area (Å²) in [5, 5.41) is 3.57. The number of nitrogens with one attached hydrogen (secondary N) is 1. The maximum absolute atomic E-state index is 5.81. The summed E-state index contributed by atoms with van der Waals surface area (Å²) >= 11 is 0. The molecule has 0 spiro atoms. The van der Waals surface area contributed by atoms with Crippen molar-refractivity contribution in [3.63, 3.8) is 0 Å². The van der Waals surface area contributed by atoms with Crippen molar-refractivity contribution in [2.75, 3.05) is 13.1 Å². The van der Waals surface area contributed by atoms with Gasteiger partial charge in [-0.15, -0.1) is 0 Å². The Bertz CT molecular complexity index is 446. The molecule has 3 heteroatoms. The standard InChI is InChI=1S/C18H28N2O/c1-13(2)21-18-10-17(11-20-12-18)16-8-14-3-5-19-6-4-15(7-14)9-16/h10-16,19H,3-9H2,1-2H3. The fourth-order valence-electron chi connectivity index (χ4n) is 4.04. The summed E-state index contributed by atoms with van der Waals surface area (Å²) in [6.45, 7) is 6.52. The summed E-state index contributed by atoms with van der Waals surface area (Å²) in [5.41, 5.74) is 1.39. The number of ether oxygens (including phenoxy) is 1. The molecule has 0 radical (unpaired) electrons. The van der Waals surface area contributed by atoms with Crippen LogP contribution in [0.1, 0.15) is 57.4 Å². The molecular formula is C18H28N2O. The first-order chi connectivity index (χ1) is 10.2. The lowest BCUT2D eigenvalue weighted by molar-refractivity contribution is 0.201. The Labute approximate surface area is 128 Å². The second kappa shape index (κ2) is 6.78. The van der Waals surface area contributed by atoms with Crippen LogP contribution in [0.4, 0.5) is 0 Å². The van der Waals surface area contributed by atoms with Gasteiger partial charge >= 0.3 is 0 Å². The molecule has 1 saturated heterocycles. The summed E-state index contributed by atoms with van der Waals surface area (Å²) in [6.07, 6.45) is 10.9. The third kappa shape index (κ3) is 3.97. The Balaban J connectivity index is 1.73. The maximum atomic E-state index is 5.81. The molecule has 2 aliphatic rings. The monoisotopic (exact) mass is 288 g/mol.